The molecule has 0 spiro atoms. The molecule has 0 heterocycles. The third-order valence-corrected chi connectivity index (χ3v) is 2.36. The summed E-state index contributed by atoms with van der Waals surface area (Å²) in [5.41, 5.74) is 0. The Morgan fingerprint density at radius 2 is 2.20 bits per heavy atom. The fraction of sp³-hybridized carbons (Fsp3) is 0.667. The molecule has 0 N–H and O–H groups in total. The van der Waals surface area contributed by atoms with Crippen LogP contribution in [0.3, 0.4) is 0 Å². The second-order valence-electron chi connectivity index (χ2n) is 3.10. The van der Waals surface area contributed by atoms with Crippen molar-refractivity contribution < 1.29 is 4.79 Å². The second kappa shape index (κ2) is 2.46. The van der Waals surface area contributed by atoms with Crippen LogP contribution < -0.4 is 0 Å². The Hall–Kier alpha value is -0.770. The van der Waals surface area contributed by atoms with Crippen LogP contribution in [0.4, 0.5) is 0 Å². The lowest BCUT2D eigenvalue weighted by molar-refractivity contribution is -0.123. The molecule has 0 radical (unpaired) electrons. The van der Waals surface area contributed by atoms with Crippen LogP contribution in [-0.4, -0.2) is 5.78 Å². The van der Waals surface area contributed by atoms with Gasteiger partial charge in [0.1, 0.15) is 5.78 Å². The monoisotopic (exact) mass is 136 g/mol. The van der Waals surface area contributed by atoms with Gasteiger partial charge in [0.2, 0.25) is 0 Å². The average Bonchev–Trinajstić information content (AvgIpc) is 2.17. The standard InChI is InChI=1S/C9H12O/c1-4-8-5-6(2)9(10)7(8)3/h1,6-8H,5H2,2-3H3. The fourth-order valence-electron chi connectivity index (χ4n) is 1.56. The van der Waals surface area contributed by atoms with Gasteiger partial charge in [0.15, 0.2) is 0 Å². The summed E-state index contributed by atoms with van der Waals surface area (Å²) in [6, 6.07) is 0. The fourth-order valence-corrected chi connectivity index (χ4v) is 1.56. The van der Waals surface area contributed by atoms with Gasteiger partial charge < -0.3 is 0 Å². The molecular formula is C9H12O. The molecule has 1 rings (SSSR count). The molecule has 1 nitrogen and oxygen atoms in total. The van der Waals surface area contributed by atoms with Crippen molar-refractivity contribution in [2.24, 2.45) is 17.8 Å². The Morgan fingerprint density at radius 3 is 2.40 bits per heavy atom. The van der Waals surface area contributed by atoms with Gasteiger partial charge in [0.25, 0.3) is 0 Å². The summed E-state index contributed by atoms with van der Waals surface area (Å²) in [6.07, 6.45) is 6.13. The highest BCUT2D eigenvalue weighted by molar-refractivity contribution is 5.85. The Morgan fingerprint density at radius 1 is 1.60 bits per heavy atom. The molecule has 0 amide bonds. The van der Waals surface area contributed by atoms with E-state index in [4.69, 9.17) is 6.42 Å². The smallest absolute Gasteiger partial charge is 0.139 e. The summed E-state index contributed by atoms with van der Waals surface area (Å²) in [4.78, 5) is 11.2. The number of carbonyl (C=O) groups excluding carboxylic acids is 1. The third kappa shape index (κ3) is 0.945. The van der Waals surface area contributed by atoms with Crippen molar-refractivity contribution in [1.82, 2.24) is 0 Å². The molecule has 0 aromatic carbocycles. The van der Waals surface area contributed by atoms with Crippen LogP contribution >= 0.6 is 0 Å². The van der Waals surface area contributed by atoms with E-state index in [-0.39, 0.29) is 17.8 Å². The highest BCUT2D eigenvalue weighted by atomic mass is 16.1. The highest BCUT2D eigenvalue weighted by Gasteiger charge is 2.35. The van der Waals surface area contributed by atoms with Crippen LogP contribution in [0.2, 0.25) is 0 Å². The molecule has 3 atom stereocenters. The maximum Gasteiger partial charge on any atom is 0.139 e. The first-order chi connectivity index (χ1) is 4.66. The van der Waals surface area contributed by atoms with Gasteiger partial charge in [-0.15, -0.1) is 12.3 Å². The minimum Gasteiger partial charge on any atom is -0.299 e. The minimum absolute atomic E-state index is 0.0972. The molecule has 0 saturated heterocycles. The van der Waals surface area contributed by atoms with E-state index in [2.05, 4.69) is 5.92 Å². The minimum atomic E-state index is 0.0972. The number of hydrogen-bond acceptors (Lipinski definition) is 1. The quantitative estimate of drug-likeness (QED) is 0.461. The van der Waals surface area contributed by atoms with Gasteiger partial charge in [-0.05, 0) is 6.42 Å². The van der Waals surface area contributed by atoms with Gasteiger partial charge >= 0.3 is 0 Å². The zero-order valence-electron chi connectivity index (χ0n) is 6.42. The van der Waals surface area contributed by atoms with Gasteiger partial charge in [-0.25, -0.2) is 0 Å². The SMILES string of the molecule is C#CC1CC(C)C(=O)C1C. The van der Waals surface area contributed by atoms with Crippen molar-refractivity contribution in [2.45, 2.75) is 20.3 Å². The molecule has 1 aliphatic rings. The molecule has 1 fully saturated rings. The molecule has 1 heteroatoms. The predicted molar refractivity (Wildman–Crippen MR) is 40.3 cm³/mol. The normalized spacial score (nSPS) is 39.7. The zero-order chi connectivity index (χ0) is 7.72. The van der Waals surface area contributed by atoms with Crippen molar-refractivity contribution in [1.29, 1.82) is 0 Å². The number of rotatable bonds is 0. The van der Waals surface area contributed by atoms with Crippen LogP contribution in [0.1, 0.15) is 20.3 Å². The van der Waals surface area contributed by atoms with E-state index in [0.29, 0.717) is 5.78 Å². The molecule has 0 aliphatic heterocycles. The zero-order valence-corrected chi connectivity index (χ0v) is 6.42. The maximum atomic E-state index is 11.2. The Labute approximate surface area is 61.8 Å². The van der Waals surface area contributed by atoms with Crippen molar-refractivity contribution in [2.75, 3.05) is 0 Å². The summed E-state index contributed by atoms with van der Waals surface area (Å²) in [5.74, 6) is 3.47. The first kappa shape index (κ1) is 7.34. The molecule has 0 bridgehead atoms. The second-order valence-corrected chi connectivity index (χ2v) is 3.10. The molecular weight excluding hydrogens is 124 g/mol. The molecule has 1 saturated carbocycles. The topological polar surface area (TPSA) is 17.1 Å². The van der Waals surface area contributed by atoms with E-state index in [1.54, 1.807) is 0 Å². The average molecular weight is 136 g/mol. The van der Waals surface area contributed by atoms with E-state index in [0.717, 1.165) is 6.42 Å². The summed E-state index contributed by atoms with van der Waals surface area (Å²) >= 11 is 0. The van der Waals surface area contributed by atoms with Crippen molar-refractivity contribution in [3.63, 3.8) is 0 Å². The largest absolute Gasteiger partial charge is 0.299 e. The van der Waals surface area contributed by atoms with Crippen molar-refractivity contribution in [3.8, 4) is 12.3 Å². The molecule has 54 valence electrons. The summed E-state index contributed by atoms with van der Waals surface area (Å²) < 4.78 is 0. The molecule has 10 heavy (non-hydrogen) atoms. The lowest BCUT2D eigenvalue weighted by Crippen LogP contribution is -2.10. The van der Waals surface area contributed by atoms with Crippen LogP contribution in [0.15, 0.2) is 0 Å². The van der Waals surface area contributed by atoms with E-state index in [1.165, 1.54) is 0 Å². The molecule has 1 aliphatic carbocycles. The first-order valence-corrected chi connectivity index (χ1v) is 3.66. The highest BCUT2D eigenvalue weighted by Crippen LogP contribution is 2.31. The van der Waals surface area contributed by atoms with Gasteiger partial charge in [0.05, 0.1) is 0 Å². The van der Waals surface area contributed by atoms with E-state index in [1.807, 2.05) is 13.8 Å². The predicted octanol–water partition coefficient (Wildman–Crippen LogP) is 1.48. The van der Waals surface area contributed by atoms with Crippen LogP contribution in [0.5, 0.6) is 0 Å². The number of hydrogen-bond donors (Lipinski definition) is 0. The van der Waals surface area contributed by atoms with Crippen LogP contribution in [0, 0.1) is 30.1 Å². The Kier molecular flexibility index (Phi) is 1.80. The summed E-state index contributed by atoms with van der Waals surface area (Å²) in [6.45, 7) is 3.88. The Bertz CT molecular complexity index is 187. The lowest BCUT2D eigenvalue weighted by Gasteiger charge is -2.03. The Balaban J connectivity index is 2.73. The lowest BCUT2D eigenvalue weighted by atomic mass is 9.99. The van der Waals surface area contributed by atoms with Crippen LogP contribution in [-0.2, 0) is 4.79 Å². The van der Waals surface area contributed by atoms with Gasteiger partial charge in [0, 0.05) is 17.8 Å². The van der Waals surface area contributed by atoms with Crippen molar-refractivity contribution >= 4 is 5.78 Å². The van der Waals surface area contributed by atoms with Crippen molar-refractivity contribution in [3.05, 3.63) is 0 Å². The van der Waals surface area contributed by atoms with Gasteiger partial charge in [-0.3, -0.25) is 4.79 Å². The number of Topliss-reactive ketones (excluding diaryl/α,β-unsaturated/α-hetero) is 1. The number of terminal acetylenes is 1. The molecule has 0 aromatic rings. The number of ketones is 1. The summed E-state index contributed by atoms with van der Waals surface area (Å²) in [7, 11) is 0. The van der Waals surface area contributed by atoms with Gasteiger partial charge in [-0.2, -0.15) is 0 Å². The maximum absolute atomic E-state index is 11.2. The third-order valence-electron chi connectivity index (χ3n) is 2.36. The summed E-state index contributed by atoms with van der Waals surface area (Å²) in [5, 5.41) is 0. The molecule has 3 unspecified atom stereocenters. The van der Waals surface area contributed by atoms with E-state index < -0.39 is 0 Å². The van der Waals surface area contributed by atoms with Crippen LogP contribution in [0.25, 0.3) is 0 Å². The first-order valence-electron chi connectivity index (χ1n) is 3.66. The van der Waals surface area contributed by atoms with Gasteiger partial charge in [-0.1, -0.05) is 13.8 Å². The van der Waals surface area contributed by atoms with E-state index >= 15 is 0 Å². The van der Waals surface area contributed by atoms with E-state index in [9.17, 15) is 4.79 Å². The number of carbonyl (C=O) groups is 1. The molecule has 0 aromatic heterocycles.